The number of hydroxylamine groups is 2. The second kappa shape index (κ2) is 11.7. The van der Waals surface area contributed by atoms with Gasteiger partial charge in [-0.1, -0.05) is 39.0 Å². The van der Waals surface area contributed by atoms with E-state index < -0.39 is 30.1 Å². The number of para-hydroxylation sites is 1. The number of nitrogens with one attached hydrogen (secondary N) is 1. The van der Waals surface area contributed by atoms with E-state index in [0.29, 0.717) is 40.1 Å². The number of aromatic hydroxyl groups is 1. The number of hydrogen-bond donors (Lipinski definition) is 5. The van der Waals surface area contributed by atoms with E-state index in [4.69, 9.17) is 4.84 Å². The van der Waals surface area contributed by atoms with Crippen LogP contribution in [0.2, 0.25) is 0 Å². The average Bonchev–Trinajstić information content (AvgIpc) is 3.33. The van der Waals surface area contributed by atoms with Crippen LogP contribution >= 0.6 is 0 Å². The second-order valence-corrected chi connectivity index (χ2v) is 13.5. The maximum atomic E-state index is 13.9. The van der Waals surface area contributed by atoms with Gasteiger partial charge in [0.25, 0.3) is 0 Å². The predicted octanol–water partition coefficient (Wildman–Crippen LogP) is 3.48. The second-order valence-electron chi connectivity index (χ2n) is 13.5. The van der Waals surface area contributed by atoms with E-state index >= 15 is 0 Å². The molecule has 10 heteroatoms. The molecule has 4 fully saturated rings. The van der Waals surface area contributed by atoms with Crippen molar-refractivity contribution < 1.29 is 34.9 Å². The lowest BCUT2D eigenvalue weighted by Crippen LogP contribution is -2.62. The number of aliphatic hydroxyl groups excluding tert-OH is 2. The Kier molecular flexibility index (Phi) is 8.52. The van der Waals surface area contributed by atoms with Crippen molar-refractivity contribution >= 4 is 17.6 Å². The molecule has 234 valence electrons. The van der Waals surface area contributed by atoms with Crippen LogP contribution in [-0.4, -0.2) is 82.4 Å². The van der Waals surface area contributed by atoms with Crippen LogP contribution in [0.5, 0.6) is 5.75 Å². The standard InChI is InChI=1S/C33H45N3O7/c1-17-25-13-22(33(25,3)4)14-26(17)34-31(40)29-28(18(2)38)27(16-37)43-36(29)15-19-8-7-9-24(30(19)39)20-10-21(32(41)42)12-23(11-20)35(5)6/h7-12,17-18,22,25-29,37-39H,13-16H2,1-6H3,(H,34,40)(H,41,42)/t17-,18-,22+,25-,26-,27-,28+,29-/m0/s1. The van der Waals surface area contributed by atoms with Crippen LogP contribution in [-0.2, 0) is 16.2 Å². The number of aliphatic hydroxyl groups is 2. The van der Waals surface area contributed by atoms with Crippen LogP contribution in [0.25, 0.3) is 11.1 Å². The van der Waals surface area contributed by atoms with Gasteiger partial charge >= 0.3 is 5.97 Å². The molecule has 3 aliphatic carbocycles. The molecule has 2 bridgehead atoms. The van der Waals surface area contributed by atoms with E-state index in [9.17, 15) is 30.0 Å². The van der Waals surface area contributed by atoms with E-state index in [1.54, 1.807) is 42.2 Å². The van der Waals surface area contributed by atoms with Gasteiger partial charge in [0.15, 0.2) is 0 Å². The van der Waals surface area contributed by atoms with Gasteiger partial charge in [-0.05, 0) is 66.7 Å². The van der Waals surface area contributed by atoms with Crippen molar-refractivity contribution in [1.29, 1.82) is 0 Å². The van der Waals surface area contributed by atoms with Crippen molar-refractivity contribution in [1.82, 2.24) is 10.4 Å². The number of carbonyl (C=O) groups is 2. The van der Waals surface area contributed by atoms with Crippen molar-refractivity contribution in [3.05, 3.63) is 47.5 Å². The van der Waals surface area contributed by atoms with Gasteiger partial charge in [0, 0.05) is 42.9 Å². The molecule has 0 unspecified atom stereocenters. The highest BCUT2D eigenvalue weighted by Crippen LogP contribution is 2.61. The zero-order valence-corrected chi connectivity index (χ0v) is 25.8. The molecule has 8 atom stereocenters. The summed E-state index contributed by atoms with van der Waals surface area (Å²) in [5, 5.41) is 46.7. The van der Waals surface area contributed by atoms with E-state index in [2.05, 4.69) is 26.1 Å². The molecule has 2 aromatic carbocycles. The van der Waals surface area contributed by atoms with Crippen molar-refractivity contribution in [3.8, 4) is 16.9 Å². The van der Waals surface area contributed by atoms with E-state index in [1.165, 1.54) is 17.6 Å². The van der Waals surface area contributed by atoms with Gasteiger partial charge < -0.3 is 30.6 Å². The lowest BCUT2D eigenvalue weighted by atomic mass is 9.45. The summed E-state index contributed by atoms with van der Waals surface area (Å²) in [6.07, 6.45) is 0.354. The summed E-state index contributed by atoms with van der Waals surface area (Å²) in [4.78, 5) is 33.6. The maximum Gasteiger partial charge on any atom is 0.335 e. The number of nitrogens with zero attached hydrogens (tertiary/aromatic N) is 2. The number of fused-ring (bicyclic) bond motifs is 2. The van der Waals surface area contributed by atoms with Gasteiger partial charge in [-0.15, -0.1) is 0 Å². The quantitative estimate of drug-likeness (QED) is 0.294. The molecule has 0 aromatic heterocycles. The molecule has 2 aromatic rings. The van der Waals surface area contributed by atoms with E-state index in [0.717, 1.165) is 6.42 Å². The first-order valence-electron chi connectivity index (χ1n) is 15.1. The highest BCUT2D eigenvalue weighted by atomic mass is 16.7. The molecule has 10 nitrogen and oxygen atoms in total. The Morgan fingerprint density at radius 2 is 1.91 bits per heavy atom. The Morgan fingerprint density at radius 3 is 2.49 bits per heavy atom. The normalized spacial score (nSPS) is 30.4. The molecule has 0 spiro atoms. The van der Waals surface area contributed by atoms with Crippen LogP contribution in [0.4, 0.5) is 5.69 Å². The molecule has 3 saturated carbocycles. The lowest BCUT2D eigenvalue weighted by molar-refractivity contribution is -0.183. The van der Waals surface area contributed by atoms with Crippen molar-refractivity contribution in [2.75, 3.05) is 25.6 Å². The number of amides is 1. The predicted molar refractivity (Wildman–Crippen MR) is 162 cm³/mol. The van der Waals surface area contributed by atoms with Gasteiger partial charge in [0.1, 0.15) is 17.9 Å². The number of anilines is 1. The molecule has 1 saturated heterocycles. The molecule has 43 heavy (non-hydrogen) atoms. The molecule has 5 N–H and O–H groups in total. The van der Waals surface area contributed by atoms with Gasteiger partial charge in [-0.25, -0.2) is 4.79 Å². The Balaban J connectivity index is 1.43. The smallest absolute Gasteiger partial charge is 0.335 e. The fourth-order valence-electron chi connectivity index (χ4n) is 7.75. The number of carboxylic acid groups (broad SMARTS) is 1. The third kappa shape index (κ3) is 5.61. The minimum absolute atomic E-state index is 0.00907. The fraction of sp³-hybridized carbons (Fsp3) is 0.576. The Hall–Kier alpha value is -3.18. The number of aromatic carboxylic acids is 1. The van der Waals surface area contributed by atoms with Crippen molar-refractivity contribution in [3.63, 3.8) is 0 Å². The number of benzene rings is 2. The summed E-state index contributed by atoms with van der Waals surface area (Å²) < 4.78 is 0. The van der Waals surface area contributed by atoms with Crippen LogP contribution in [0, 0.1) is 29.1 Å². The minimum Gasteiger partial charge on any atom is -0.507 e. The first kappa shape index (κ1) is 31.3. The molecule has 1 aliphatic heterocycles. The summed E-state index contributed by atoms with van der Waals surface area (Å²) in [6.45, 7) is 8.04. The number of carboxylic acids is 1. The zero-order valence-electron chi connectivity index (χ0n) is 25.8. The molecular weight excluding hydrogens is 550 g/mol. The van der Waals surface area contributed by atoms with E-state index in [-0.39, 0.29) is 41.8 Å². The number of rotatable bonds is 9. The van der Waals surface area contributed by atoms with Gasteiger partial charge in [0.2, 0.25) is 5.91 Å². The first-order chi connectivity index (χ1) is 20.2. The third-order valence-corrected chi connectivity index (χ3v) is 10.5. The molecule has 0 radical (unpaired) electrons. The fourth-order valence-corrected chi connectivity index (χ4v) is 7.75. The summed E-state index contributed by atoms with van der Waals surface area (Å²) in [7, 11) is 3.62. The zero-order chi connectivity index (χ0) is 31.4. The van der Waals surface area contributed by atoms with Crippen LogP contribution in [0.3, 0.4) is 0 Å². The average molecular weight is 596 g/mol. The maximum absolute atomic E-state index is 13.9. The largest absolute Gasteiger partial charge is 0.507 e. The third-order valence-electron chi connectivity index (χ3n) is 10.5. The minimum atomic E-state index is -1.08. The van der Waals surface area contributed by atoms with E-state index in [1.807, 2.05) is 14.1 Å². The van der Waals surface area contributed by atoms with Crippen molar-refractivity contribution in [2.45, 2.75) is 71.4 Å². The number of hydrogen-bond acceptors (Lipinski definition) is 8. The van der Waals surface area contributed by atoms with Gasteiger partial charge in [0.05, 0.1) is 24.8 Å². The molecule has 1 heterocycles. The molecule has 6 rings (SSSR count). The number of carbonyl (C=O) groups excluding carboxylic acids is 1. The van der Waals surface area contributed by atoms with Crippen LogP contribution in [0.15, 0.2) is 36.4 Å². The number of phenols is 1. The highest BCUT2D eigenvalue weighted by Gasteiger charge is 2.57. The Morgan fingerprint density at radius 1 is 1.19 bits per heavy atom. The topological polar surface area (TPSA) is 143 Å². The first-order valence-corrected chi connectivity index (χ1v) is 15.1. The van der Waals surface area contributed by atoms with Crippen LogP contribution in [0.1, 0.15) is 56.5 Å². The monoisotopic (exact) mass is 595 g/mol. The molecule has 4 aliphatic rings. The van der Waals surface area contributed by atoms with Crippen LogP contribution < -0.4 is 10.2 Å². The Labute approximate surface area is 253 Å². The summed E-state index contributed by atoms with van der Waals surface area (Å²) in [5.74, 6) is -0.687. The highest BCUT2D eigenvalue weighted by molar-refractivity contribution is 5.92. The van der Waals surface area contributed by atoms with Gasteiger partial charge in [-0.2, -0.15) is 5.06 Å². The number of phenolic OH excluding ortho intramolecular Hbond substituents is 1. The van der Waals surface area contributed by atoms with Gasteiger partial charge in [-0.3, -0.25) is 9.63 Å². The molecule has 1 amide bonds. The Bertz CT molecular complexity index is 1380. The molecular formula is C33H45N3O7. The van der Waals surface area contributed by atoms with Crippen molar-refractivity contribution in [2.24, 2.45) is 29.1 Å². The SMILES string of the molecule is C[C@@H]1[C@@H](NC(=O)[C@@H]2[C@H]([C@H](C)O)[C@H](CO)ON2Cc2cccc(-c3cc(C(=O)O)cc(N(C)C)c3)c2O)C[C@H]2C[C@@H]1C2(C)C. The summed E-state index contributed by atoms with van der Waals surface area (Å²) in [5.41, 5.74) is 2.46. The summed E-state index contributed by atoms with van der Waals surface area (Å²) in [6, 6.07) is 9.18. The summed E-state index contributed by atoms with van der Waals surface area (Å²) >= 11 is 0. The lowest BCUT2D eigenvalue weighted by Gasteiger charge is -2.62.